The second-order valence-electron chi connectivity index (χ2n) is 9.34. The highest BCUT2D eigenvalue weighted by Crippen LogP contribution is 2.07. The van der Waals surface area contributed by atoms with E-state index in [-0.39, 0.29) is 13.0 Å². The van der Waals surface area contributed by atoms with Crippen LogP contribution in [0, 0.1) is 0 Å². The molecule has 0 saturated heterocycles. The van der Waals surface area contributed by atoms with Gasteiger partial charge in [0.05, 0.1) is 7.11 Å². The highest BCUT2D eigenvalue weighted by Gasteiger charge is 2.29. The summed E-state index contributed by atoms with van der Waals surface area (Å²) in [5, 5.41) is 9.32. The lowest BCUT2D eigenvalue weighted by atomic mass is 10.1. The number of carbonyl (C=O) groups is 5. The second-order valence-corrected chi connectivity index (χ2v) is 9.34. The van der Waals surface area contributed by atoms with E-state index in [2.05, 4.69) is 21.3 Å². The normalized spacial score (nSPS) is 12.2. The summed E-state index contributed by atoms with van der Waals surface area (Å²) < 4.78 is 15.0. The molecule has 2 atom stereocenters. The first-order valence-corrected chi connectivity index (χ1v) is 12.1. The molecule has 2 aromatic rings. The van der Waals surface area contributed by atoms with Gasteiger partial charge in [-0.15, -0.1) is 0 Å². The first-order valence-electron chi connectivity index (χ1n) is 12.1. The standard InChI is InChI=1S/C27H34N4O8/c1-27(2,3)39-25(35)28-16-21(32)30-22(31-26(36)38-17-19-13-9-6-10-14-19)23(33)29-20(24(34)37-4)15-18-11-7-5-8-12-18/h5-14,20,22H,15-17H2,1-4H3,(H,28,35)(H,29,33)(H,30,32)(H,31,36)/t20-,22+/m0/s1. The molecular weight excluding hydrogens is 508 g/mol. The van der Waals surface area contributed by atoms with Crippen molar-refractivity contribution in [2.75, 3.05) is 13.7 Å². The summed E-state index contributed by atoms with van der Waals surface area (Å²) in [5.74, 6) is -2.46. The first kappa shape index (κ1) is 30.6. The fraction of sp³-hybridized carbons (Fsp3) is 0.370. The van der Waals surface area contributed by atoms with Crippen LogP contribution in [0.5, 0.6) is 0 Å². The van der Waals surface area contributed by atoms with E-state index < -0.39 is 54.3 Å². The van der Waals surface area contributed by atoms with Crippen molar-refractivity contribution in [2.45, 2.75) is 51.6 Å². The number of carbonyl (C=O) groups excluding carboxylic acids is 5. The molecule has 0 saturated carbocycles. The number of methoxy groups -OCH3 is 1. The Morgan fingerprint density at radius 3 is 1.95 bits per heavy atom. The number of rotatable bonds is 11. The number of hydrogen-bond donors (Lipinski definition) is 4. The predicted molar refractivity (Wildman–Crippen MR) is 140 cm³/mol. The third-order valence-corrected chi connectivity index (χ3v) is 4.92. The smallest absolute Gasteiger partial charge is 0.409 e. The van der Waals surface area contributed by atoms with Gasteiger partial charge in [-0.1, -0.05) is 60.7 Å². The number of nitrogens with one attached hydrogen (secondary N) is 4. The lowest BCUT2D eigenvalue weighted by Crippen LogP contribution is -2.60. The van der Waals surface area contributed by atoms with Crippen molar-refractivity contribution in [2.24, 2.45) is 0 Å². The zero-order chi connectivity index (χ0) is 28.8. The largest absolute Gasteiger partial charge is 0.467 e. The molecule has 2 aromatic carbocycles. The Bertz CT molecular complexity index is 1120. The fourth-order valence-electron chi connectivity index (χ4n) is 3.17. The van der Waals surface area contributed by atoms with Crippen molar-refractivity contribution >= 4 is 30.0 Å². The van der Waals surface area contributed by atoms with Crippen LogP contribution in [-0.2, 0) is 41.6 Å². The molecule has 0 spiro atoms. The van der Waals surface area contributed by atoms with Crippen LogP contribution >= 0.6 is 0 Å². The summed E-state index contributed by atoms with van der Waals surface area (Å²) in [6, 6.07) is 16.6. The highest BCUT2D eigenvalue weighted by atomic mass is 16.6. The second kappa shape index (κ2) is 15.0. The van der Waals surface area contributed by atoms with E-state index in [9.17, 15) is 24.0 Å². The molecule has 0 aliphatic rings. The predicted octanol–water partition coefficient (Wildman–Crippen LogP) is 1.78. The minimum Gasteiger partial charge on any atom is -0.467 e. The summed E-state index contributed by atoms with van der Waals surface area (Å²) in [6.45, 7) is 4.33. The van der Waals surface area contributed by atoms with E-state index in [1.807, 2.05) is 0 Å². The Kier molecular flexibility index (Phi) is 11.7. The van der Waals surface area contributed by atoms with Gasteiger partial charge in [0.1, 0.15) is 24.8 Å². The maximum Gasteiger partial charge on any atom is 0.409 e. The fourth-order valence-corrected chi connectivity index (χ4v) is 3.17. The van der Waals surface area contributed by atoms with Crippen LogP contribution < -0.4 is 21.3 Å². The summed E-state index contributed by atoms with van der Waals surface area (Å²) in [6.07, 6.45) is -3.40. The molecule has 12 heteroatoms. The lowest BCUT2D eigenvalue weighted by Gasteiger charge is -2.23. The van der Waals surface area contributed by atoms with Gasteiger partial charge in [0.15, 0.2) is 6.17 Å². The van der Waals surface area contributed by atoms with Crippen LogP contribution in [-0.4, -0.2) is 61.4 Å². The van der Waals surface area contributed by atoms with E-state index in [1.165, 1.54) is 7.11 Å². The van der Waals surface area contributed by atoms with Crippen molar-refractivity contribution in [3.8, 4) is 0 Å². The molecule has 12 nitrogen and oxygen atoms in total. The summed E-state index contributed by atoms with van der Waals surface area (Å²) in [4.78, 5) is 62.3. The monoisotopic (exact) mass is 542 g/mol. The van der Waals surface area contributed by atoms with Crippen molar-refractivity contribution in [3.05, 3.63) is 71.8 Å². The third kappa shape index (κ3) is 12.0. The number of alkyl carbamates (subject to hydrolysis) is 2. The Labute approximate surface area is 226 Å². The van der Waals surface area contributed by atoms with Crippen molar-refractivity contribution in [1.29, 1.82) is 0 Å². The van der Waals surface area contributed by atoms with Gasteiger partial charge in [-0.2, -0.15) is 0 Å². The number of amides is 4. The summed E-state index contributed by atoms with van der Waals surface area (Å²) in [7, 11) is 1.17. The van der Waals surface area contributed by atoms with Gasteiger partial charge in [-0.25, -0.2) is 14.4 Å². The van der Waals surface area contributed by atoms with Gasteiger partial charge in [0, 0.05) is 6.42 Å². The zero-order valence-corrected chi connectivity index (χ0v) is 22.3. The molecular formula is C27H34N4O8. The van der Waals surface area contributed by atoms with Gasteiger partial charge in [0.2, 0.25) is 5.91 Å². The maximum atomic E-state index is 13.1. The summed E-state index contributed by atoms with van der Waals surface area (Å²) >= 11 is 0. The molecule has 4 amide bonds. The van der Waals surface area contributed by atoms with E-state index >= 15 is 0 Å². The molecule has 0 unspecified atom stereocenters. The molecule has 0 heterocycles. The van der Waals surface area contributed by atoms with Gasteiger partial charge in [-0.3, -0.25) is 14.9 Å². The number of esters is 1. The molecule has 2 rings (SSSR count). The van der Waals surface area contributed by atoms with Gasteiger partial charge >= 0.3 is 18.2 Å². The van der Waals surface area contributed by atoms with Crippen LogP contribution in [0.1, 0.15) is 31.9 Å². The SMILES string of the molecule is COC(=O)[C@H](Cc1ccccc1)NC(=O)[C@H](NC(=O)CNC(=O)OC(C)(C)C)NC(=O)OCc1ccccc1. The average molecular weight is 543 g/mol. The number of benzene rings is 2. The quantitative estimate of drug-likeness (QED) is 0.190. The Morgan fingerprint density at radius 2 is 1.38 bits per heavy atom. The Hall–Kier alpha value is -4.61. The third-order valence-electron chi connectivity index (χ3n) is 4.92. The van der Waals surface area contributed by atoms with E-state index in [1.54, 1.807) is 81.4 Å². The minimum atomic E-state index is -1.65. The molecule has 210 valence electrons. The average Bonchev–Trinajstić information content (AvgIpc) is 2.89. The Balaban J connectivity index is 2.10. The molecule has 0 aliphatic carbocycles. The zero-order valence-electron chi connectivity index (χ0n) is 22.3. The molecule has 0 aromatic heterocycles. The van der Waals surface area contributed by atoms with Crippen molar-refractivity contribution < 1.29 is 38.2 Å². The highest BCUT2D eigenvalue weighted by molar-refractivity contribution is 5.93. The van der Waals surface area contributed by atoms with Crippen LogP contribution in [0.2, 0.25) is 0 Å². The van der Waals surface area contributed by atoms with E-state index in [0.717, 1.165) is 5.56 Å². The Morgan fingerprint density at radius 1 is 0.795 bits per heavy atom. The van der Waals surface area contributed by atoms with Crippen LogP contribution in [0.3, 0.4) is 0 Å². The molecule has 39 heavy (non-hydrogen) atoms. The molecule has 0 bridgehead atoms. The number of ether oxygens (including phenoxy) is 3. The van der Waals surface area contributed by atoms with Crippen molar-refractivity contribution in [1.82, 2.24) is 21.3 Å². The lowest BCUT2D eigenvalue weighted by molar-refractivity contribution is -0.145. The molecule has 0 aliphatic heterocycles. The van der Waals surface area contributed by atoms with Gasteiger partial charge < -0.3 is 30.2 Å². The summed E-state index contributed by atoms with van der Waals surface area (Å²) in [5.41, 5.74) is 0.660. The van der Waals surface area contributed by atoms with E-state index in [0.29, 0.717) is 5.56 Å². The van der Waals surface area contributed by atoms with Crippen molar-refractivity contribution in [3.63, 3.8) is 0 Å². The molecule has 0 radical (unpaired) electrons. The van der Waals surface area contributed by atoms with Gasteiger partial charge in [0.25, 0.3) is 5.91 Å². The maximum absolute atomic E-state index is 13.1. The number of hydrogen-bond acceptors (Lipinski definition) is 8. The molecule has 4 N–H and O–H groups in total. The molecule has 0 fully saturated rings. The van der Waals surface area contributed by atoms with Crippen LogP contribution in [0.25, 0.3) is 0 Å². The topological polar surface area (TPSA) is 161 Å². The van der Waals surface area contributed by atoms with Gasteiger partial charge in [-0.05, 0) is 31.9 Å². The van der Waals surface area contributed by atoms with Crippen LogP contribution in [0.4, 0.5) is 9.59 Å². The van der Waals surface area contributed by atoms with Crippen LogP contribution in [0.15, 0.2) is 60.7 Å². The first-order chi connectivity index (χ1) is 18.5. The minimum absolute atomic E-state index is 0.0893. The van der Waals surface area contributed by atoms with E-state index in [4.69, 9.17) is 14.2 Å².